The summed E-state index contributed by atoms with van der Waals surface area (Å²) in [5.74, 6) is 0.882. The average Bonchev–Trinajstić information content (AvgIpc) is 2.28. The van der Waals surface area contributed by atoms with Crippen LogP contribution in [0.5, 0.6) is 0 Å². The van der Waals surface area contributed by atoms with Gasteiger partial charge < -0.3 is 10.2 Å². The minimum Gasteiger partial charge on any atom is -0.314 e. The third-order valence-electron chi connectivity index (χ3n) is 4.10. The lowest BCUT2D eigenvalue weighted by atomic mass is 9.92. The summed E-state index contributed by atoms with van der Waals surface area (Å²) >= 11 is 0. The van der Waals surface area contributed by atoms with E-state index in [1.54, 1.807) is 0 Å². The van der Waals surface area contributed by atoms with Gasteiger partial charge in [0.2, 0.25) is 0 Å². The zero-order valence-corrected chi connectivity index (χ0v) is 11.6. The first-order chi connectivity index (χ1) is 7.65. The highest BCUT2D eigenvalue weighted by molar-refractivity contribution is 4.79. The molecule has 2 heteroatoms. The van der Waals surface area contributed by atoms with Crippen molar-refractivity contribution in [3.8, 4) is 0 Å². The third-order valence-corrected chi connectivity index (χ3v) is 4.10. The van der Waals surface area contributed by atoms with Gasteiger partial charge in [0, 0.05) is 12.1 Å². The van der Waals surface area contributed by atoms with Crippen LogP contribution in [0.1, 0.15) is 53.4 Å². The molecule has 0 aromatic carbocycles. The molecule has 0 amide bonds. The summed E-state index contributed by atoms with van der Waals surface area (Å²) in [7, 11) is 0. The maximum absolute atomic E-state index is 3.57. The molecular formula is C14H30N2. The fraction of sp³-hybridized carbons (Fsp3) is 1.00. The van der Waals surface area contributed by atoms with Crippen LogP contribution in [0.15, 0.2) is 0 Å². The zero-order chi connectivity index (χ0) is 12.0. The van der Waals surface area contributed by atoms with Crippen LogP contribution in [-0.4, -0.2) is 36.6 Å². The maximum atomic E-state index is 3.57. The lowest BCUT2D eigenvalue weighted by molar-refractivity contribution is 0.109. The number of nitrogens with one attached hydrogen (secondary N) is 1. The van der Waals surface area contributed by atoms with Gasteiger partial charge in [0.25, 0.3) is 0 Å². The van der Waals surface area contributed by atoms with E-state index in [0.29, 0.717) is 6.04 Å². The van der Waals surface area contributed by atoms with Crippen molar-refractivity contribution in [1.82, 2.24) is 10.2 Å². The van der Waals surface area contributed by atoms with E-state index in [1.807, 2.05) is 0 Å². The van der Waals surface area contributed by atoms with Crippen LogP contribution < -0.4 is 5.32 Å². The van der Waals surface area contributed by atoms with Gasteiger partial charge in [0.05, 0.1) is 0 Å². The molecular weight excluding hydrogens is 196 g/mol. The molecule has 1 aliphatic rings. The number of hydrogen-bond donors (Lipinski definition) is 1. The average molecular weight is 226 g/mol. The van der Waals surface area contributed by atoms with Crippen molar-refractivity contribution in [2.75, 3.05) is 19.6 Å². The van der Waals surface area contributed by atoms with Crippen molar-refractivity contribution >= 4 is 0 Å². The number of piperidine rings is 1. The van der Waals surface area contributed by atoms with Gasteiger partial charge in [-0.15, -0.1) is 0 Å². The van der Waals surface area contributed by atoms with E-state index < -0.39 is 0 Å². The quantitative estimate of drug-likeness (QED) is 0.749. The minimum absolute atomic E-state index is 0.671. The molecule has 1 fully saturated rings. The van der Waals surface area contributed by atoms with Crippen LogP contribution in [0.25, 0.3) is 0 Å². The van der Waals surface area contributed by atoms with Crippen LogP contribution in [-0.2, 0) is 0 Å². The minimum atomic E-state index is 0.671. The second-order valence-corrected chi connectivity index (χ2v) is 5.54. The topological polar surface area (TPSA) is 15.3 Å². The number of nitrogens with zero attached hydrogens (tertiary/aromatic N) is 1. The van der Waals surface area contributed by atoms with Gasteiger partial charge in [-0.2, -0.15) is 0 Å². The first kappa shape index (κ1) is 14.0. The molecule has 0 aliphatic carbocycles. The SMILES string of the molecule is CCCNC(C)CCN1CCCC(C)C1C. The highest BCUT2D eigenvalue weighted by atomic mass is 15.2. The first-order valence-corrected chi connectivity index (χ1v) is 7.12. The summed E-state index contributed by atoms with van der Waals surface area (Å²) in [5.41, 5.74) is 0. The van der Waals surface area contributed by atoms with E-state index in [9.17, 15) is 0 Å². The van der Waals surface area contributed by atoms with Gasteiger partial charge >= 0.3 is 0 Å². The molecule has 0 spiro atoms. The molecule has 0 aromatic heterocycles. The number of likely N-dealkylation sites (tertiary alicyclic amines) is 1. The molecule has 0 radical (unpaired) electrons. The Morgan fingerprint density at radius 2 is 2.12 bits per heavy atom. The molecule has 0 saturated carbocycles. The zero-order valence-electron chi connectivity index (χ0n) is 11.6. The third kappa shape index (κ3) is 4.42. The number of rotatable bonds is 6. The fourth-order valence-corrected chi connectivity index (χ4v) is 2.59. The van der Waals surface area contributed by atoms with Gasteiger partial charge in [0.15, 0.2) is 0 Å². The van der Waals surface area contributed by atoms with Gasteiger partial charge in [-0.1, -0.05) is 13.8 Å². The van der Waals surface area contributed by atoms with Crippen LogP contribution in [0.2, 0.25) is 0 Å². The Morgan fingerprint density at radius 3 is 2.81 bits per heavy atom. The van der Waals surface area contributed by atoms with Crippen molar-refractivity contribution in [2.24, 2.45) is 5.92 Å². The standard InChI is InChI=1S/C14H30N2/c1-5-9-15-13(3)8-11-16-10-6-7-12(2)14(16)4/h12-15H,5-11H2,1-4H3. The van der Waals surface area contributed by atoms with E-state index in [0.717, 1.165) is 18.5 Å². The van der Waals surface area contributed by atoms with E-state index in [4.69, 9.17) is 0 Å². The van der Waals surface area contributed by atoms with Crippen molar-refractivity contribution in [1.29, 1.82) is 0 Å². The Hall–Kier alpha value is -0.0800. The normalized spacial score (nSPS) is 29.2. The molecule has 1 heterocycles. The van der Waals surface area contributed by atoms with Gasteiger partial charge in [0.1, 0.15) is 0 Å². The molecule has 3 unspecified atom stereocenters. The summed E-state index contributed by atoms with van der Waals surface area (Å²) in [6, 6.07) is 1.46. The molecule has 16 heavy (non-hydrogen) atoms. The summed E-state index contributed by atoms with van der Waals surface area (Å²) in [6.07, 6.45) is 5.34. The highest BCUT2D eigenvalue weighted by Gasteiger charge is 2.24. The van der Waals surface area contributed by atoms with Crippen molar-refractivity contribution in [3.63, 3.8) is 0 Å². The Balaban J connectivity index is 2.20. The van der Waals surface area contributed by atoms with Gasteiger partial charge in [-0.3, -0.25) is 0 Å². The van der Waals surface area contributed by atoms with Crippen molar-refractivity contribution in [2.45, 2.75) is 65.5 Å². The molecule has 1 aliphatic heterocycles. The summed E-state index contributed by atoms with van der Waals surface area (Å²) < 4.78 is 0. The summed E-state index contributed by atoms with van der Waals surface area (Å²) in [4.78, 5) is 2.68. The Morgan fingerprint density at radius 1 is 1.38 bits per heavy atom. The van der Waals surface area contributed by atoms with E-state index >= 15 is 0 Å². The Bertz CT molecular complexity index is 182. The fourth-order valence-electron chi connectivity index (χ4n) is 2.59. The van der Waals surface area contributed by atoms with Crippen LogP contribution in [0.3, 0.4) is 0 Å². The molecule has 1 rings (SSSR count). The lowest BCUT2D eigenvalue weighted by Gasteiger charge is -2.38. The van der Waals surface area contributed by atoms with Gasteiger partial charge in [-0.25, -0.2) is 0 Å². The number of hydrogen-bond acceptors (Lipinski definition) is 2. The van der Waals surface area contributed by atoms with Crippen molar-refractivity contribution < 1.29 is 0 Å². The molecule has 1 saturated heterocycles. The van der Waals surface area contributed by atoms with E-state index in [-0.39, 0.29) is 0 Å². The Labute approximate surface area is 102 Å². The monoisotopic (exact) mass is 226 g/mol. The van der Waals surface area contributed by atoms with Crippen LogP contribution in [0.4, 0.5) is 0 Å². The second-order valence-electron chi connectivity index (χ2n) is 5.54. The molecule has 96 valence electrons. The van der Waals surface area contributed by atoms with E-state index in [1.165, 1.54) is 38.8 Å². The molecule has 0 aromatic rings. The van der Waals surface area contributed by atoms with E-state index in [2.05, 4.69) is 37.9 Å². The van der Waals surface area contributed by atoms with Crippen molar-refractivity contribution in [3.05, 3.63) is 0 Å². The predicted octanol–water partition coefficient (Wildman–Crippen LogP) is 2.89. The Kier molecular flexibility index (Phi) is 6.37. The predicted molar refractivity (Wildman–Crippen MR) is 71.8 cm³/mol. The van der Waals surface area contributed by atoms with Crippen LogP contribution in [0, 0.1) is 5.92 Å². The second kappa shape index (κ2) is 7.29. The molecule has 0 bridgehead atoms. The molecule has 2 nitrogen and oxygen atoms in total. The molecule has 3 atom stereocenters. The highest BCUT2D eigenvalue weighted by Crippen LogP contribution is 2.22. The largest absolute Gasteiger partial charge is 0.314 e. The smallest absolute Gasteiger partial charge is 0.00925 e. The molecule has 1 N–H and O–H groups in total. The lowest BCUT2D eigenvalue weighted by Crippen LogP contribution is -2.44. The van der Waals surface area contributed by atoms with Crippen LogP contribution >= 0.6 is 0 Å². The first-order valence-electron chi connectivity index (χ1n) is 7.12. The van der Waals surface area contributed by atoms with Gasteiger partial charge in [-0.05, 0) is 65.1 Å². The maximum Gasteiger partial charge on any atom is 0.00925 e. The summed E-state index contributed by atoms with van der Waals surface area (Å²) in [5, 5.41) is 3.57. The summed E-state index contributed by atoms with van der Waals surface area (Å²) in [6.45, 7) is 13.1.